The fourth-order valence-electron chi connectivity index (χ4n) is 1.67. The number of rotatable bonds is 6. The highest BCUT2D eigenvalue weighted by Gasteiger charge is 2.22. The first kappa shape index (κ1) is 14.2. The average molecular weight is 252 g/mol. The van der Waals surface area contributed by atoms with Gasteiger partial charge in [-0.15, -0.1) is 6.58 Å². The summed E-state index contributed by atoms with van der Waals surface area (Å²) in [7, 11) is 0. The second-order valence-corrected chi connectivity index (χ2v) is 4.32. The molecule has 4 N–H and O–H groups in total. The zero-order valence-electron chi connectivity index (χ0n) is 10.8. The first-order chi connectivity index (χ1) is 8.52. The molecule has 1 aromatic heterocycles. The van der Waals surface area contributed by atoms with Crippen LogP contribution in [0.15, 0.2) is 12.7 Å². The molecule has 0 unspecified atom stereocenters. The summed E-state index contributed by atoms with van der Waals surface area (Å²) in [6.45, 7) is 7.98. The van der Waals surface area contributed by atoms with Crippen LogP contribution < -0.4 is 5.73 Å². The number of nitrogens with one attached hydrogen (secondary N) is 1. The molecule has 100 valence electrons. The summed E-state index contributed by atoms with van der Waals surface area (Å²) in [4.78, 5) is 13.6. The normalized spacial score (nSPS) is 10.7. The lowest BCUT2D eigenvalue weighted by atomic mass is 10.1. The molecular weight excluding hydrogens is 232 g/mol. The second kappa shape index (κ2) is 6.20. The van der Waals surface area contributed by atoms with E-state index in [1.54, 1.807) is 6.08 Å². The van der Waals surface area contributed by atoms with Gasteiger partial charge in [-0.3, -0.25) is 9.89 Å². The molecule has 1 rings (SSSR count). The average Bonchev–Trinajstić information content (AvgIpc) is 2.70. The number of amides is 1. The highest BCUT2D eigenvalue weighted by Crippen LogP contribution is 2.22. The molecular formula is C12H20N4O2. The monoisotopic (exact) mass is 252 g/mol. The number of aliphatic hydroxyl groups is 1. The second-order valence-electron chi connectivity index (χ2n) is 4.32. The Morgan fingerprint density at radius 3 is 2.78 bits per heavy atom. The van der Waals surface area contributed by atoms with E-state index in [0.29, 0.717) is 12.2 Å². The molecule has 0 spiro atoms. The molecule has 18 heavy (non-hydrogen) atoms. The third-order valence-electron chi connectivity index (χ3n) is 2.62. The van der Waals surface area contributed by atoms with Crippen LogP contribution in [0.25, 0.3) is 0 Å². The fourth-order valence-corrected chi connectivity index (χ4v) is 1.67. The number of carbonyl (C=O) groups is 1. The third kappa shape index (κ3) is 2.89. The molecule has 1 amide bonds. The molecule has 0 saturated carbocycles. The van der Waals surface area contributed by atoms with Gasteiger partial charge in [-0.1, -0.05) is 19.9 Å². The molecule has 0 bridgehead atoms. The maximum atomic E-state index is 12.2. The molecule has 0 aliphatic carbocycles. The van der Waals surface area contributed by atoms with Gasteiger partial charge in [-0.2, -0.15) is 5.10 Å². The van der Waals surface area contributed by atoms with Crippen molar-refractivity contribution < 1.29 is 9.90 Å². The minimum Gasteiger partial charge on any atom is -0.395 e. The number of carbonyl (C=O) groups excluding carboxylic acids is 1. The van der Waals surface area contributed by atoms with E-state index in [-0.39, 0.29) is 30.7 Å². The summed E-state index contributed by atoms with van der Waals surface area (Å²) in [5.41, 5.74) is 7.24. The van der Waals surface area contributed by atoms with Crippen LogP contribution in [0.2, 0.25) is 0 Å². The summed E-state index contributed by atoms with van der Waals surface area (Å²) in [5.74, 6) is -0.130. The predicted octanol–water partition coefficient (Wildman–Crippen LogP) is 0.736. The molecule has 0 aliphatic rings. The Morgan fingerprint density at radius 1 is 1.67 bits per heavy atom. The van der Waals surface area contributed by atoms with Crippen molar-refractivity contribution in [3.8, 4) is 0 Å². The number of aromatic amines is 1. The smallest absolute Gasteiger partial charge is 0.276 e. The molecule has 0 fully saturated rings. The molecule has 0 aliphatic heterocycles. The van der Waals surface area contributed by atoms with Gasteiger partial charge >= 0.3 is 0 Å². The van der Waals surface area contributed by atoms with Gasteiger partial charge in [-0.25, -0.2) is 0 Å². The Kier molecular flexibility index (Phi) is 4.91. The highest BCUT2D eigenvalue weighted by atomic mass is 16.3. The van der Waals surface area contributed by atoms with E-state index >= 15 is 0 Å². The van der Waals surface area contributed by atoms with Gasteiger partial charge in [0.25, 0.3) is 5.91 Å². The number of hydrogen-bond acceptors (Lipinski definition) is 4. The third-order valence-corrected chi connectivity index (χ3v) is 2.62. The van der Waals surface area contributed by atoms with Crippen LogP contribution in [-0.4, -0.2) is 45.8 Å². The van der Waals surface area contributed by atoms with Gasteiger partial charge < -0.3 is 15.7 Å². The molecule has 0 saturated heterocycles. The van der Waals surface area contributed by atoms with Crippen LogP contribution in [0.3, 0.4) is 0 Å². The van der Waals surface area contributed by atoms with E-state index in [1.165, 1.54) is 4.90 Å². The van der Waals surface area contributed by atoms with Gasteiger partial charge in [0.15, 0.2) is 5.69 Å². The van der Waals surface area contributed by atoms with Crippen LogP contribution >= 0.6 is 0 Å². The standard InChI is InChI=1S/C12H20N4O2/c1-4-5-16(6-7-17)12(18)11-9(13)10(8(2)3)14-15-11/h4,8,17H,1,5-7,13H2,2-3H3,(H,14,15). The number of nitrogens with zero attached hydrogens (tertiary/aromatic N) is 2. The van der Waals surface area contributed by atoms with E-state index in [0.717, 1.165) is 5.69 Å². The molecule has 0 aromatic carbocycles. The predicted molar refractivity (Wildman–Crippen MR) is 70.3 cm³/mol. The topological polar surface area (TPSA) is 95.2 Å². The van der Waals surface area contributed by atoms with E-state index in [1.807, 2.05) is 13.8 Å². The Hall–Kier alpha value is -1.82. The minimum absolute atomic E-state index is 0.110. The van der Waals surface area contributed by atoms with Crippen molar-refractivity contribution in [3.05, 3.63) is 24.0 Å². The van der Waals surface area contributed by atoms with Crippen molar-refractivity contribution in [1.82, 2.24) is 15.1 Å². The van der Waals surface area contributed by atoms with Gasteiger partial charge in [0.05, 0.1) is 18.0 Å². The summed E-state index contributed by atoms with van der Waals surface area (Å²) in [6, 6.07) is 0. The van der Waals surface area contributed by atoms with Crippen LogP contribution in [0.1, 0.15) is 35.9 Å². The summed E-state index contributed by atoms with van der Waals surface area (Å²) < 4.78 is 0. The highest BCUT2D eigenvalue weighted by molar-refractivity contribution is 5.97. The molecule has 1 aromatic rings. The molecule has 6 heteroatoms. The van der Waals surface area contributed by atoms with Crippen LogP contribution in [0.4, 0.5) is 5.69 Å². The van der Waals surface area contributed by atoms with Crippen LogP contribution in [0.5, 0.6) is 0 Å². The Labute approximate surface area is 106 Å². The summed E-state index contributed by atoms with van der Waals surface area (Å²) in [6.07, 6.45) is 1.60. The summed E-state index contributed by atoms with van der Waals surface area (Å²) >= 11 is 0. The van der Waals surface area contributed by atoms with Crippen molar-refractivity contribution in [2.45, 2.75) is 19.8 Å². The van der Waals surface area contributed by atoms with Crippen LogP contribution in [-0.2, 0) is 0 Å². The Morgan fingerprint density at radius 2 is 2.33 bits per heavy atom. The summed E-state index contributed by atoms with van der Waals surface area (Å²) in [5, 5.41) is 15.7. The van der Waals surface area contributed by atoms with E-state index in [9.17, 15) is 4.79 Å². The number of H-pyrrole nitrogens is 1. The molecule has 6 nitrogen and oxygen atoms in total. The number of aromatic nitrogens is 2. The molecule has 1 heterocycles. The largest absolute Gasteiger partial charge is 0.395 e. The van der Waals surface area contributed by atoms with E-state index in [4.69, 9.17) is 10.8 Å². The van der Waals surface area contributed by atoms with Gasteiger partial charge in [0.1, 0.15) is 0 Å². The zero-order valence-corrected chi connectivity index (χ0v) is 10.8. The number of nitrogen functional groups attached to an aromatic ring is 1. The van der Waals surface area contributed by atoms with Gasteiger partial charge in [-0.05, 0) is 5.92 Å². The lowest BCUT2D eigenvalue weighted by molar-refractivity contribution is 0.0738. The van der Waals surface area contributed by atoms with Crippen molar-refractivity contribution in [2.24, 2.45) is 0 Å². The van der Waals surface area contributed by atoms with Crippen LogP contribution in [0, 0.1) is 0 Å². The lowest BCUT2D eigenvalue weighted by Crippen LogP contribution is -2.34. The van der Waals surface area contributed by atoms with Crippen molar-refractivity contribution in [1.29, 1.82) is 0 Å². The SMILES string of the molecule is C=CCN(CCO)C(=O)c1n[nH]c(C(C)C)c1N. The number of aliphatic hydroxyl groups excluding tert-OH is 1. The lowest BCUT2D eigenvalue weighted by Gasteiger charge is -2.18. The van der Waals surface area contributed by atoms with Crippen molar-refractivity contribution in [2.75, 3.05) is 25.4 Å². The number of anilines is 1. The van der Waals surface area contributed by atoms with E-state index in [2.05, 4.69) is 16.8 Å². The first-order valence-corrected chi connectivity index (χ1v) is 5.87. The van der Waals surface area contributed by atoms with E-state index < -0.39 is 0 Å². The zero-order chi connectivity index (χ0) is 13.7. The minimum atomic E-state index is -0.301. The number of hydrogen-bond donors (Lipinski definition) is 3. The van der Waals surface area contributed by atoms with Crippen molar-refractivity contribution >= 4 is 11.6 Å². The maximum absolute atomic E-state index is 12.2. The van der Waals surface area contributed by atoms with Crippen molar-refractivity contribution in [3.63, 3.8) is 0 Å². The molecule has 0 atom stereocenters. The quantitative estimate of drug-likeness (QED) is 0.651. The first-order valence-electron chi connectivity index (χ1n) is 5.87. The number of nitrogens with two attached hydrogens (primary N) is 1. The van der Waals surface area contributed by atoms with Gasteiger partial charge in [0.2, 0.25) is 0 Å². The maximum Gasteiger partial charge on any atom is 0.276 e. The fraction of sp³-hybridized carbons (Fsp3) is 0.500. The Balaban J connectivity index is 2.97. The Bertz CT molecular complexity index is 426. The van der Waals surface area contributed by atoms with Gasteiger partial charge in [0, 0.05) is 13.1 Å². The molecule has 0 radical (unpaired) electrons.